The predicted octanol–water partition coefficient (Wildman–Crippen LogP) is 3.22. The van der Waals surface area contributed by atoms with Crippen molar-refractivity contribution in [1.29, 1.82) is 0 Å². The zero-order valence-electron chi connectivity index (χ0n) is 9.31. The summed E-state index contributed by atoms with van der Waals surface area (Å²) in [5, 5.41) is 0.896. The lowest BCUT2D eigenvalue weighted by molar-refractivity contribution is 0.554. The number of thiol groups is 1. The average molecular weight is 242 g/mol. The lowest BCUT2D eigenvalue weighted by Gasteiger charge is -2.08. The molecule has 0 saturated carbocycles. The monoisotopic (exact) mass is 242 g/mol. The van der Waals surface area contributed by atoms with Gasteiger partial charge in [0.1, 0.15) is 0 Å². The first-order valence-corrected chi connectivity index (χ1v) is 6.87. The molecule has 1 aromatic rings. The Kier molecular flexibility index (Phi) is 6.10. The number of rotatable bonds is 6. The number of hydrogen-bond acceptors (Lipinski definition) is 4. The number of thioether (sulfide) groups is 1. The van der Waals surface area contributed by atoms with Gasteiger partial charge in [-0.1, -0.05) is 18.7 Å². The van der Waals surface area contributed by atoms with E-state index >= 15 is 0 Å². The van der Waals surface area contributed by atoms with Crippen molar-refractivity contribution in [2.75, 3.05) is 11.5 Å². The smallest absolute Gasteiger partial charge is 0.187 e. The Bertz CT molecular complexity index is 292. The molecule has 0 fully saturated rings. The van der Waals surface area contributed by atoms with Crippen LogP contribution in [0.15, 0.2) is 17.4 Å². The molecule has 1 aromatic heterocycles. The molecule has 1 rings (SSSR count). The van der Waals surface area contributed by atoms with Gasteiger partial charge >= 0.3 is 0 Å². The molecule has 0 saturated heterocycles. The molecule has 0 aliphatic carbocycles. The highest BCUT2D eigenvalue weighted by atomic mass is 32.2. The van der Waals surface area contributed by atoms with Crippen LogP contribution < -0.4 is 0 Å². The second-order valence-electron chi connectivity index (χ2n) is 3.74. The second kappa shape index (κ2) is 7.12. The van der Waals surface area contributed by atoms with Gasteiger partial charge in [0, 0.05) is 17.6 Å². The van der Waals surface area contributed by atoms with E-state index in [1.165, 1.54) is 12.8 Å². The van der Waals surface area contributed by atoms with Gasteiger partial charge in [-0.05, 0) is 37.5 Å². The third-order valence-corrected chi connectivity index (χ3v) is 3.39. The molecule has 1 atom stereocenters. The summed E-state index contributed by atoms with van der Waals surface area (Å²) in [5.41, 5.74) is 1.04. The Morgan fingerprint density at radius 2 is 2.27 bits per heavy atom. The van der Waals surface area contributed by atoms with E-state index in [4.69, 9.17) is 0 Å². The number of hydrogen-bond donors (Lipinski definition) is 1. The summed E-state index contributed by atoms with van der Waals surface area (Å²) in [6, 6.07) is 1.92. The minimum Gasteiger partial charge on any atom is -0.231 e. The number of nitrogens with zero attached hydrogens (tertiary/aromatic N) is 2. The summed E-state index contributed by atoms with van der Waals surface area (Å²) in [5.74, 6) is 2.82. The molecule has 0 amide bonds. The Morgan fingerprint density at radius 1 is 1.47 bits per heavy atom. The van der Waals surface area contributed by atoms with E-state index in [1.54, 1.807) is 11.8 Å². The van der Waals surface area contributed by atoms with Crippen molar-refractivity contribution >= 4 is 24.4 Å². The lowest BCUT2D eigenvalue weighted by atomic mass is 10.1. The molecule has 0 N–H and O–H groups in total. The van der Waals surface area contributed by atoms with Crippen molar-refractivity contribution in [3.63, 3.8) is 0 Å². The van der Waals surface area contributed by atoms with Crippen LogP contribution in [0.25, 0.3) is 0 Å². The van der Waals surface area contributed by atoms with Gasteiger partial charge in [-0.25, -0.2) is 9.97 Å². The van der Waals surface area contributed by atoms with Gasteiger partial charge in [-0.3, -0.25) is 0 Å². The van der Waals surface area contributed by atoms with E-state index in [2.05, 4.69) is 29.5 Å². The van der Waals surface area contributed by atoms with Crippen molar-refractivity contribution in [2.24, 2.45) is 5.92 Å². The maximum atomic E-state index is 4.35. The normalized spacial score (nSPS) is 12.7. The van der Waals surface area contributed by atoms with Crippen LogP contribution in [-0.2, 0) is 0 Å². The Morgan fingerprint density at radius 3 is 2.93 bits per heavy atom. The third-order valence-electron chi connectivity index (χ3n) is 2.24. The Hall–Kier alpha value is -0.220. The Labute approximate surface area is 102 Å². The summed E-state index contributed by atoms with van der Waals surface area (Å²) >= 11 is 5.98. The van der Waals surface area contributed by atoms with E-state index in [1.807, 2.05) is 19.2 Å². The minimum absolute atomic E-state index is 0.750. The molecule has 0 spiro atoms. The van der Waals surface area contributed by atoms with Crippen LogP contribution in [0.3, 0.4) is 0 Å². The zero-order chi connectivity index (χ0) is 11.1. The van der Waals surface area contributed by atoms with Crippen LogP contribution >= 0.6 is 24.4 Å². The molecular weight excluding hydrogens is 224 g/mol. The molecule has 0 aliphatic heterocycles. The predicted molar refractivity (Wildman–Crippen MR) is 69.7 cm³/mol. The van der Waals surface area contributed by atoms with Gasteiger partial charge in [0.05, 0.1) is 0 Å². The number of aromatic nitrogens is 2. The summed E-state index contributed by atoms with van der Waals surface area (Å²) in [6.45, 7) is 4.27. The summed E-state index contributed by atoms with van der Waals surface area (Å²) in [6.07, 6.45) is 4.22. The highest BCUT2D eigenvalue weighted by Gasteiger charge is 2.02. The lowest BCUT2D eigenvalue weighted by Crippen LogP contribution is -1.98. The van der Waals surface area contributed by atoms with E-state index in [0.29, 0.717) is 0 Å². The molecule has 1 heterocycles. The molecule has 0 radical (unpaired) electrons. The van der Waals surface area contributed by atoms with Gasteiger partial charge in [0.2, 0.25) is 0 Å². The molecule has 0 aliphatic rings. The fraction of sp³-hybridized carbons (Fsp3) is 0.636. The summed E-state index contributed by atoms with van der Waals surface area (Å²) < 4.78 is 0. The quantitative estimate of drug-likeness (QED) is 0.471. The van der Waals surface area contributed by atoms with Gasteiger partial charge in [0.15, 0.2) is 5.16 Å². The van der Waals surface area contributed by atoms with Crippen LogP contribution in [0.2, 0.25) is 0 Å². The standard InChI is InChI=1S/C11H18N2S2/c1-9(4-7-14)5-8-15-11-12-6-3-10(2)13-11/h3,6,9,14H,4-5,7-8H2,1-2H3. The molecule has 1 unspecified atom stereocenters. The number of aryl methyl sites for hydroxylation is 1. The molecule has 15 heavy (non-hydrogen) atoms. The van der Waals surface area contributed by atoms with E-state index in [0.717, 1.165) is 28.3 Å². The Balaban J connectivity index is 2.25. The average Bonchev–Trinajstić information content (AvgIpc) is 2.18. The summed E-state index contributed by atoms with van der Waals surface area (Å²) in [4.78, 5) is 8.57. The highest BCUT2D eigenvalue weighted by molar-refractivity contribution is 7.99. The second-order valence-corrected chi connectivity index (χ2v) is 5.24. The van der Waals surface area contributed by atoms with Crippen molar-refractivity contribution in [3.05, 3.63) is 18.0 Å². The SMILES string of the molecule is Cc1ccnc(SCCC(C)CCS)n1. The fourth-order valence-corrected chi connectivity index (χ4v) is 2.70. The van der Waals surface area contributed by atoms with Gasteiger partial charge in [-0.15, -0.1) is 0 Å². The van der Waals surface area contributed by atoms with E-state index in [-0.39, 0.29) is 0 Å². The van der Waals surface area contributed by atoms with Crippen LogP contribution in [0.5, 0.6) is 0 Å². The van der Waals surface area contributed by atoms with Crippen molar-refractivity contribution in [1.82, 2.24) is 9.97 Å². The molecule has 0 aromatic carbocycles. The van der Waals surface area contributed by atoms with Crippen LogP contribution in [-0.4, -0.2) is 21.5 Å². The largest absolute Gasteiger partial charge is 0.231 e. The minimum atomic E-state index is 0.750. The van der Waals surface area contributed by atoms with Crippen molar-refractivity contribution in [3.8, 4) is 0 Å². The van der Waals surface area contributed by atoms with Gasteiger partial charge < -0.3 is 0 Å². The topological polar surface area (TPSA) is 25.8 Å². The summed E-state index contributed by atoms with van der Waals surface area (Å²) in [7, 11) is 0. The fourth-order valence-electron chi connectivity index (χ4n) is 1.21. The first-order valence-electron chi connectivity index (χ1n) is 5.25. The van der Waals surface area contributed by atoms with Crippen LogP contribution in [0.4, 0.5) is 0 Å². The molecule has 4 heteroatoms. The molecule has 2 nitrogen and oxygen atoms in total. The zero-order valence-corrected chi connectivity index (χ0v) is 11.0. The molecular formula is C11H18N2S2. The first-order chi connectivity index (χ1) is 7.22. The van der Waals surface area contributed by atoms with Crippen LogP contribution in [0, 0.1) is 12.8 Å². The maximum absolute atomic E-state index is 4.35. The van der Waals surface area contributed by atoms with Gasteiger partial charge in [0.25, 0.3) is 0 Å². The first kappa shape index (κ1) is 12.8. The van der Waals surface area contributed by atoms with E-state index in [9.17, 15) is 0 Å². The van der Waals surface area contributed by atoms with Gasteiger partial charge in [-0.2, -0.15) is 12.6 Å². The highest BCUT2D eigenvalue weighted by Crippen LogP contribution is 2.18. The maximum Gasteiger partial charge on any atom is 0.187 e. The van der Waals surface area contributed by atoms with E-state index < -0.39 is 0 Å². The molecule has 0 bridgehead atoms. The van der Waals surface area contributed by atoms with Crippen molar-refractivity contribution < 1.29 is 0 Å². The van der Waals surface area contributed by atoms with Crippen molar-refractivity contribution in [2.45, 2.75) is 31.8 Å². The molecule has 84 valence electrons. The third kappa shape index (κ3) is 5.42. The van der Waals surface area contributed by atoms with Crippen LogP contribution in [0.1, 0.15) is 25.5 Å².